The van der Waals surface area contributed by atoms with Crippen molar-refractivity contribution in [3.8, 4) is 5.75 Å². The van der Waals surface area contributed by atoms with Crippen LogP contribution < -0.4 is 10.1 Å². The third kappa shape index (κ3) is 4.69. The second kappa shape index (κ2) is 8.14. The van der Waals surface area contributed by atoms with Gasteiger partial charge in [0.2, 0.25) is 0 Å². The van der Waals surface area contributed by atoms with E-state index < -0.39 is 0 Å². The maximum absolute atomic E-state index is 9.17. The highest BCUT2D eigenvalue weighted by atomic mass is 35.5. The van der Waals surface area contributed by atoms with E-state index in [1.54, 1.807) is 6.08 Å². The quantitative estimate of drug-likeness (QED) is 0.707. The summed E-state index contributed by atoms with van der Waals surface area (Å²) < 4.78 is 5.58. The zero-order valence-electron chi connectivity index (χ0n) is 10.7. The van der Waals surface area contributed by atoms with E-state index >= 15 is 0 Å². The van der Waals surface area contributed by atoms with Crippen molar-refractivity contribution >= 4 is 11.6 Å². The molecule has 100 valence electrons. The molecule has 18 heavy (non-hydrogen) atoms. The van der Waals surface area contributed by atoms with Crippen LogP contribution in [0.15, 0.2) is 30.9 Å². The summed E-state index contributed by atoms with van der Waals surface area (Å²) in [6, 6.07) is 5.80. The highest BCUT2D eigenvalue weighted by Crippen LogP contribution is 2.22. The highest BCUT2D eigenvalue weighted by molar-refractivity contribution is 6.30. The Morgan fingerprint density at radius 1 is 1.56 bits per heavy atom. The Morgan fingerprint density at radius 2 is 2.33 bits per heavy atom. The lowest BCUT2D eigenvalue weighted by Gasteiger charge is -2.13. The van der Waals surface area contributed by atoms with Crippen LogP contribution in [0, 0.1) is 0 Å². The van der Waals surface area contributed by atoms with Gasteiger partial charge in [0.25, 0.3) is 0 Å². The minimum atomic E-state index is 0.180. The highest BCUT2D eigenvalue weighted by Gasteiger charge is 2.11. The van der Waals surface area contributed by atoms with Gasteiger partial charge in [0.1, 0.15) is 24.9 Å². The van der Waals surface area contributed by atoms with Crippen LogP contribution in [0.2, 0.25) is 5.02 Å². The molecule has 0 bridgehead atoms. The summed E-state index contributed by atoms with van der Waals surface area (Å²) in [7, 11) is 0. The minimum absolute atomic E-state index is 0.180. The fourth-order valence-corrected chi connectivity index (χ4v) is 1.86. The van der Waals surface area contributed by atoms with Crippen LogP contribution in [0.25, 0.3) is 0 Å². The lowest BCUT2D eigenvalue weighted by atomic mass is 10.1. The summed E-state index contributed by atoms with van der Waals surface area (Å²) in [6.07, 6.45) is 2.64. The number of quaternary nitrogens is 1. The van der Waals surface area contributed by atoms with Crippen molar-refractivity contribution in [1.82, 2.24) is 0 Å². The molecule has 3 nitrogen and oxygen atoms in total. The number of rotatable bonds is 8. The van der Waals surface area contributed by atoms with E-state index in [4.69, 9.17) is 21.4 Å². The number of halogens is 1. The first-order valence-electron chi connectivity index (χ1n) is 6.17. The van der Waals surface area contributed by atoms with Crippen LogP contribution in [0.5, 0.6) is 5.75 Å². The number of hydrogen-bond donors (Lipinski definition) is 2. The van der Waals surface area contributed by atoms with Crippen LogP contribution in [-0.4, -0.2) is 24.4 Å². The third-order valence-electron chi connectivity index (χ3n) is 2.81. The summed E-state index contributed by atoms with van der Waals surface area (Å²) in [5.74, 6) is 0.823. The van der Waals surface area contributed by atoms with Crippen LogP contribution in [0.3, 0.4) is 0 Å². The van der Waals surface area contributed by atoms with Gasteiger partial charge in [0.15, 0.2) is 0 Å². The van der Waals surface area contributed by atoms with Crippen molar-refractivity contribution in [2.45, 2.75) is 25.9 Å². The van der Waals surface area contributed by atoms with Crippen LogP contribution >= 0.6 is 11.6 Å². The van der Waals surface area contributed by atoms with Gasteiger partial charge in [-0.05, 0) is 24.6 Å². The molecule has 0 aliphatic rings. The van der Waals surface area contributed by atoms with Crippen molar-refractivity contribution in [2.24, 2.45) is 0 Å². The Labute approximate surface area is 113 Å². The van der Waals surface area contributed by atoms with E-state index in [9.17, 15) is 0 Å². The van der Waals surface area contributed by atoms with E-state index in [1.165, 1.54) is 0 Å². The summed E-state index contributed by atoms with van der Waals surface area (Å²) in [6.45, 7) is 7.09. The Bertz CT molecular complexity index is 378. The number of aliphatic hydroxyl groups is 1. The van der Waals surface area contributed by atoms with Crippen LogP contribution in [0.1, 0.15) is 18.9 Å². The molecule has 0 amide bonds. The topological polar surface area (TPSA) is 46.1 Å². The predicted octanol–water partition coefficient (Wildman–Crippen LogP) is 1.74. The largest absolute Gasteiger partial charge is 0.489 e. The summed E-state index contributed by atoms with van der Waals surface area (Å²) in [5, 5.41) is 12.0. The molecule has 0 spiro atoms. The van der Waals surface area contributed by atoms with Gasteiger partial charge in [-0.3, -0.25) is 0 Å². The number of hydrogen-bond acceptors (Lipinski definition) is 2. The Morgan fingerprint density at radius 3 is 2.94 bits per heavy atom. The fraction of sp³-hybridized carbons (Fsp3) is 0.429. The molecule has 0 heterocycles. The van der Waals surface area contributed by atoms with Gasteiger partial charge in [-0.2, -0.15) is 0 Å². The van der Waals surface area contributed by atoms with Gasteiger partial charge in [-0.25, -0.2) is 0 Å². The van der Waals surface area contributed by atoms with Crippen molar-refractivity contribution < 1.29 is 15.2 Å². The van der Waals surface area contributed by atoms with E-state index in [0.717, 1.165) is 24.3 Å². The van der Waals surface area contributed by atoms with E-state index in [2.05, 4.69) is 18.8 Å². The lowest BCUT2D eigenvalue weighted by Crippen LogP contribution is -2.89. The number of nitrogens with two attached hydrogens (primary N) is 1. The minimum Gasteiger partial charge on any atom is -0.489 e. The van der Waals surface area contributed by atoms with Crippen molar-refractivity contribution in [1.29, 1.82) is 0 Å². The smallest absolute Gasteiger partial charge is 0.128 e. The first-order valence-corrected chi connectivity index (χ1v) is 6.55. The zero-order valence-corrected chi connectivity index (χ0v) is 11.5. The number of aliphatic hydroxyl groups excluding tert-OH is 1. The number of benzene rings is 1. The molecule has 0 saturated heterocycles. The molecule has 4 heteroatoms. The summed E-state index contributed by atoms with van der Waals surface area (Å²) >= 11 is 5.99. The molecule has 1 atom stereocenters. The second-order valence-corrected chi connectivity index (χ2v) is 4.58. The Hall–Kier alpha value is -1.03. The molecule has 0 saturated carbocycles. The molecule has 0 aliphatic heterocycles. The molecule has 1 rings (SSSR count). The average molecular weight is 271 g/mol. The van der Waals surface area contributed by atoms with Gasteiger partial charge in [0, 0.05) is 10.6 Å². The summed E-state index contributed by atoms with van der Waals surface area (Å²) in [5.41, 5.74) is 1.04. The van der Waals surface area contributed by atoms with Crippen molar-refractivity contribution in [3.63, 3.8) is 0 Å². The van der Waals surface area contributed by atoms with Gasteiger partial charge in [-0.15, -0.1) is 0 Å². The van der Waals surface area contributed by atoms with Gasteiger partial charge >= 0.3 is 0 Å². The average Bonchev–Trinajstić information content (AvgIpc) is 2.39. The standard InChI is InChI=1S/C14H20ClNO2/c1-3-7-18-14-6-5-12(15)8-11(14)9-16-13(4-2)10-17/h3,5-6,8,13,16-17H,1,4,7,9-10H2,2H3/p+1/t13-/m1/s1. The van der Waals surface area contributed by atoms with Crippen LogP contribution in [0.4, 0.5) is 0 Å². The van der Waals surface area contributed by atoms with Crippen molar-refractivity contribution in [2.75, 3.05) is 13.2 Å². The lowest BCUT2D eigenvalue weighted by molar-refractivity contribution is -0.706. The zero-order chi connectivity index (χ0) is 13.4. The molecule has 1 aromatic rings. The molecular weight excluding hydrogens is 250 g/mol. The Balaban J connectivity index is 2.71. The van der Waals surface area contributed by atoms with Crippen LogP contribution in [-0.2, 0) is 6.54 Å². The van der Waals surface area contributed by atoms with Gasteiger partial charge in [-0.1, -0.05) is 31.2 Å². The molecule has 0 fully saturated rings. The molecule has 1 aromatic carbocycles. The molecule has 0 radical (unpaired) electrons. The first-order chi connectivity index (χ1) is 8.71. The molecule has 0 unspecified atom stereocenters. The molecule has 0 aliphatic carbocycles. The van der Waals surface area contributed by atoms with Crippen molar-refractivity contribution in [3.05, 3.63) is 41.4 Å². The van der Waals surface area contributed by atoms with E-state index in [1.807, 2.05) is 18.2 Å². The Kier molecular flexibility index (Phi) is 6.80. The number of ether oxygens (including phenoxy) is 1. The molecule has 3 N–H and O–H groups in total. The normalized spacial score (nSPS) is 12.2. The maximum Gasteiger partial charge on any atom is 0.128 e. The molecular formula is C14H21ClNO2+. The second-order valence-electron chi connectivity index (χ2n) is 4.14. The molecule has 0 aromatic heterocycles. The summed E-state index contributed by atoms with van der Waals surface area (Å²) in [4.78, 5) is 0. The maximum atomic E-state index is 9.17. The fourth-order valence-electron chi connectivity index (χ4n) is 1.66. The van der Waals surface area contributed by atoms with Gasteiger partial charge in [0.05, 0.1) is 6.61 Å². The SMILES string of the molecule is C=CCOc1ccc(Cl)cc1C[NH2+][C@H](CC)CO. The monoisotopic (exact) mass is 270 g/mol. The predicted molar refractivity (Wildman–Crippen MR) is 73.9 cm³/mol. The van der Waals surface area contributed by atoms with E-state index in [0.29, 0.717) is 11.6 Å². The first kappa shape index (κ1) is 15.0. The van der Waals surface area contributed by atoms with E-state index in [-0.39, 0.29) is 12.6 Å². The van der Waals surface area contributed by atoms with Gasteiger partial charge < -0.3 is 15.2 Å². The third-order valence-corrected chi connectivity index (χ3v) is 3.04.